The van der Waals surface area contributed by atoms with Crippen LogP contribution in [-0.4, -0.2) is 43.0 Å². The van der Waals surface area contributed by atoms with Gasteiger partial charge in [-0.25, -0.2) is 4.98 Å². The monoisotopic (exact) mass is 277 g/mol. The lowest BCUT2D eigenvalue weighted by atomic mass is 10.2. The fourth-order valence-electron chi connectivity index (χ4n) is 1.85. The minimum Gasteiger partial charge on any atom is -0.395 e. The van der Waals surface area contributed by atoms with Crippen molar-refractivity contribution in [3.8, 4) is 0 Å². The van der Waals surface area contributed by atoms with Gasteiger partial charge in [0.05, 0.1) is 6.61 Å². The fourth-order valence-corrected chi connectivity index (χ4v) is 1.85. The van der Waals surface area contributed by atoms with E-state index >= 15 is 0 Å². The van der Waals surface area contributed by atoms with Gasteiger partial charge in [-0.3, -0.25) is 0 Å². The van der Waals surface area contributed by atoms with Gasteiger partial charge in [0.25, 0.3) is 0 Å². The summed E-state index contributed by atoms with van der Waals surface area (Å²) >= 11 is 0. The van der Waals surface area contributed by atoms with Crippen molar-refractivity contribution < 1.29 is 18.3 Å². The Morgan fingerprint density at radius 1 is 1.42 bits per heavy atom. The molecule has 0 unspecified atom stereocenters. The molecule has 1 aromatic rings. The summed E-state index contributed by atoms with van der Waals surface area (Å²) in [7, 11) is 1.78. The topological polar surface area (TPSA) is 48.4 Å². The molecule has 0 saturated carbocycles. The molecule has 19 heavy (non-hydrogen) atoms. The van der Waals surface area contributed by atoms with Crippen LogP contribution in [0.1, 0.15) is 11.1 Å². The summed E-state index contributed by atoms with van der Waals surface area (Å²) in [5.41, 5.74) is 1.56. The van der Waals surface area contributed by atoms with Gasteiger partial charge < -0.3 is 15.3 Å². The first-order chi connectivity index (χ1) is 8.87. The van der Waals surface area contributed by atoms with Crippen LogP contribution in [0.15, 0.2) is 12.3 Å². The number of halogens is 3. The highest BCUT2D eigenvalue weighted by molar-refractivity contribution is 5.47. The van der Waals surface area contributed by atoms with Crippen LogP contribution in [0.2, 0.25) is 0 Å². The Balaban J connectivity index is 2.95. The molecule has 0 aromatic carbocycles. The lowest BCUT2D eigenvalue weighted by molar-refractivity contribution is -0.120. The molecule has 108 valence electrons. The Bertz CT molecular complexity index is 410. The number of pyridine rings is 1. The number of anilines is 1. The van der Waals surface area contributed by atoms with Crippen molar-refractivity contribution in [2.45, 2.75) is 19.6 Å². The van der Waals surface area contributed by atoms with Crippen LogP contribution in [0.25, 0.3) is 0 Å². The van der Waals surface area contributed by atoms with Crippen molar-refractivity contribution >= 4 is 5.82 Å². The van der Waals surface area contributed by atoms with Crippen LogP contribution in [0.3, 0.4) is 0 Å². The molecule has 0 aliphatic heterocycles. The van der Waals surface area contributed by atoms with Crippen LogP contribution in [0.5, 0.6) is 0 Å². The summed E-state index contributed by atoms with van der Waals surface area (Å²) in [6, 6.07) is 1.79. The first kappa shape index (κ1) is 15.7. The van der Waals surface area contributed by atoms with Crippen LogP contribution in [0.4, 0.5) is 19.0 Å². The molecular weight excluding hydrogens is 259 g/mol. The molecule has 0 aliphatic rings. The zero-order valence-corrected chi connectivity index (χ0v) is 11.0. The second-order valence-corrected chi connectivity index (χ2v) is 4.27. The van der Waals surface area contributed by atoms with E-state index in [0.717, 1.165) is 10.5 Å². The van der Waals surface area contributed by atoms with E-state index in [9.17, 15) is 13.2 Å². The molecule has 0 aliphatic carbocycles. The van der Waals surface area contributed by atoms with Crippen molar-refractivity contribution in [1.82, 2.24) is 10.3 Å². The van der Waals surface area contributed by atoms with E-state index in [1.807, 2.05) is 0 Å². The molecule has 1 aromatic heterocycles. The van der Waals surface area contributed by atoms with Crippen LogP contribution in [-0.2, 0) is 6.54 Å². The molecule has 4 nitrogen and oxygen atoms in total. The standard InChI is InChI=1S/C12H18F3N3O/c1-9-5-10(6-16-2)7-17-11(9)18(3-4-19)8-12(13,14)15/h5,7,16,19H,3-4,6,8H2,1-2H3. The lowest BCUT2D eigenvalue weighted by Crippen LogP contribution is -2.37. The number of aryl methyl sites for hydroxylation is 1. The first-order valence-corrected chi connectivity index (χ1v) is 5.90. The van der Waals surface area contributed by atoms with Gasteiger partial charge in [0.15, 0.2) is 0 Å². The van der Waals surface area contributed by atoms with E-state index in [1.54, 1.807) is 26.2 Å². The van der Waals surface area contributed by atoms with E-state index in [0.29, 0.717) is 12.1 Å². The number of aromatic nitrogens is 1. The molecule has 1 heterocycles. The van der Waals surface area contributed by atoms with E-state index in [1.165, 1.54) is 0 Å². The highest BCUT2D eigenvalue weighted by Gasteiger charge is 2.31. The van der Waals surface area contributed by atoms with Crippen molar-refractivity contribution in [1.29, 1.82) is 0 Å². The largest absolute Gasteiger partial charge is 0.405 e. The summed E-state index contributed by atoms with van der Waals surface area (Å²) in [6.45, 7) is 0.747. The number of nitrogens with one attached hydrogen (secondary N) is 1. The Labute approximate surface area is 110 Å². The molecule has 2 N–H and O–H groups in total. The number of alkyl halides is 3. The van der Waals surface area contributed by atoms with Crippen LogP contribution >= 0.6 is 0 Å². The molecule has 0 bridgehead atoms. The normalized spacial score (nSPS) is 11.7. The van der Waals surface area contributed by atoms with Gasteiger partial charge in [0.2, 0.25) is 0 Å². The zero-order valence-electron chi connectivity index (χ0n) is 11.0. The van der Waals surface area contributed by atoms with Gasteiger partial charge in [0.1, 0.15) is 12.4 Å². The summed E-state index contributed by atoms with van der Waals surface area (Å²) in [5.74, 6) is 0.256. The molecule has 0 radical (unpaired) electrons. The Hall–Kier alpha value is -1.34. The molecule has 0 spiro atoms. The molecule has 0 fully saturated rings. The maximum absolute atomic E-state index is 12.5. The van der Waals surface area contributed by atoms with Crippen molar-refractivity contribution in [3.63, 3.8) is 0 Å². The number of hydrogen-bond acceptors (Lipinski definition) is 4. The van der Waals surface area contributed by atoms with Gasteiger partial charge in [-0.15, -0.1) is 0 Å². The summed E-state index contributed by atoms with van der Waals surface area (Å²) in [5, 5.41) is 11.8. The first-order valence-electron chi connectivity index (χ1n) is 5.90. The van der Waals surface area contributed by atoms with Crippen molar-refractivity contribution in [3.05, 3.63) is 23.4 Å². The van der Waals surface area contributed by atoms with Gasteiger partial charge in [-0.1, -0.05) is 0 Å². The highest BCUT2D eigenvalue weighted by Crippen LogP contribution is 2.23. The summed E-state index contributed by atoms with van der Waals surface area (Å²) in [4.78, 5) is 5.11. The molecule has 7 heteroatoms. The predicted octanol–water partition coefficient (Wildman–Crippen LogP) is 1.47. The van der Waals surface area contributed by atoms with Crippen LogP contribution in [0, 0.1) is 6.92 Å². The number of rotatable bonds is 6. The van der Waals surface area contributed by atoms with Crippen molar-refractivity contribution in [2.75, 3.05) is 31.6 Å². The third-order valence-electron chi connectivity index (χ3n) is 2.53. The maximum Gasteiger partial charge on any atom is 0.405 e. The SMILES string of the molecule is CNCc1cnc(N(CCO)CC(F)(F)F)c(C)c1. The minimum absolute atomic E-state index is 0.0985. The van der Waals surface area contributed by atoms with Crippen molar-refractivity contribution in [2.24, 2.45) is 0 Å². The number of aliphatic hydroxyl groups excluding tert-OH is 1. The predicted molar refractivity (Wildman–Crippen MR) is 67.1 cm³/mol. The quantitative estimate of drug-likeness (QED) is 0.826. The minimum atomic E-state index is -4.33. The van der Waals surface area contributed by atoms with Gasteiger partial charge in [-0.2, -0.15) is 13.2 Å². The van der Waals surface area contributed by atoms with Gasteiger partial charge in [-0.05, 0) is 31.2 Å². The molecule has 1 rings (SSSR count). The summed E-state index contributed by atoms with van der Waals surface area (Å²) in [6.07, 6.45) is -2.79. The molecular formula is C12H18F3N3O. The van der Waals surface area contributed by atoms with E-state index in [4.69, 9.17) is 5.11 Å². The highest BCUT2D eigenvalue weighted by atomic mass is 19.4. The smallest absolute Gasteiger partial charge is 0.395 e. The molecule has 0 amide bonds. The molecule has 0 atom stereocenters. The van der Waals surface area contributed by atoms with E-state index in [-0.39, 0.29) is 19.0 Å². The van der Waals surface area contributed by atoms with Gasteiger partial charge in [0, 0.05) is 19.3 Å². The average Bonchev–Trinajstić information content (AvgIpc) is 2.27. The van der Waals surface area contributed by atoms with E-state index < -0.39 is 12.7 Å². The number of hydrogen-bond donors (Lipinski definition) is 2. The van der Waals surface area contributed by atoms with Gasteiger partial charge >= 0.3 is 6.18 Å². The lowest BCUT2D eigenvalue weighted by Gasteiger charge is -2.25. The second-order valence-electron chi connectivity index (χ2n) is 4.27. The summed E-state index contributed by atoms with van der Waals surface area (Å²) < 4.78 is 37.5. The zero-order chi connectivity index (χ0) is 14.5. The van der Waals surface area contributed by atoms with E-state index in [2.05, 4.69) is 10.3 Å². The van der Waals surface area contributed by atoms with Crippen LogP contribution < -0.4 is 10.2 Å². The Morgan fingerprint density at radius 3 is 2.58 bits per heavy atom. The molecule has 0 saturated heterocycles. The number of aliphatic hydroxyl groups is 1. The number of nitrogens with zero attached hydrogens (tertiary/aromatic N) is 2. The third-order valence-corrected chi connectivity index (χ3v) is 2.53. The maximum atomic E-state index is 12.5. The Morgan fingerprint density at radius 2 is 2.11 bits per heavy atom. The second kappa shape index (κ2) is 6.72. The Kier molecular flexibility index (Phi) is 5.56. The average molecular weight is 277 g/mol. The third kappa shape index (κ3) is 5.04. The fraction of sp³-hybridized carbons (Fsp3) is 0.583.